The largest absolute Gasteiger partial charge is 0.374 e. The Hall–Kier alpha value is -0.0400. The number of ether oxygens (including phenoxy) is 1. The first-order valence-electron chi connectivity index (χ1n) is 8.98. The van der Waals surface area contributed by atoms with Crippen molar-refractivity contribution in [1.82, 2.24) is 0 Å². The highest BCUT2D eigenvalue weighted by Gasteiger charge is 2.39. The van der Waals surface area contributed by atoms with Crippen LogP contribution in [0.2, 0.25) is 0 Å². The van der Waals surface area contributed by atoms with Crippen LogP contribution in [0, 0.1) is 11.8 Å². The molecule has 4 unspecified atom stereocenters. The molecule has 1 heterocycles. The first kappa shape index (κ1) is 15.4. The van der Waals surface area contributed by atoms with Gasteiger partial charge in [-0.15, -0.1) is 0 Å². The van der Waals surface area contributed by atoms with Gasteiger partial charge >= 0.3 is 0 Å². The lowest BCUT2D eigenvalue weighted by molar-refractivity contribution is 0.0183. The van der Waals surface area contributed by atoms with E-state index in [1.54, 1.807) is 0 Å². The summed E-state index contributed by atoms with van der Waals surface area (Å²) in [5.41, 5.74) is 0. The van der Waals surface area contributed by atoms with Crippen molar-refractivity contribution in [3.63, 3.8) is 0 Å². The topological polar surface area (TPSA) is 9.23 Å². The summed E-state index contributed by atoms with van der Waals surface area (Å²) in [7, 11) is 0. The third-order valence-corrected chi connectivity index (χ3v) is 5.44. The Labute approximate surface area is 120 Å². The molecule has 0 radical (unpaired) electrons. The zero-order valence-electron chi connectivity index (χ0n) is 13.2. The number of hydrogen-bond acceptors (Lipinski definition) is 1. The maximum Gasteiger partial charge on any atom is 0.0610 e. The van der Waals surface area contributed by atoms with Crippen LogP contribution in [-0.2, 0) is 4.74 Å². The molecule has 0 aromatic rings. The smallest absolute Gasteiger partial charge is 0.0610 e. The van der Waals surface area contributed by atoms with Gasteiger partial charge in [0.25, 0.3) is 0 Å². The van der Waals surface area contributed by atoms with Gasteiger partial charge in [-0.3, -0.25) is 0 Å². The lowest BCUT2D eigenvalue weighted by Crippen LogP contribution is -2.20. The molecule has 2 fully saturated rings. The predicted molar refractivity (Wildman–Crippen MR) is 82.4 cm³/mol. The molecule has 0 amide bonds. The Balaban J connectivity index is 1.90. The van der Waals surface area contributed by atoms with E-state index in [4.69, 9.17) is 4.74 Å². The fourth-order valence-electron chi connectivity index (χ4n) is 4.20. The van der Waals surface area contributed by atoms with Crippen molar-refractivity contribution < 1.29 is 4.74 Å². The molecule has 1 aliphatic carbocycles. The molecule has 1 nitrogen and oxygen atoms in total. The van der Waals surface area contributed by atoms with E-state index in [1.165, 1.54) is 77.0 Å². The summed E-state index contributed by atoms with van der Waals surface area (Å²) in [6.45, 7) is 4.75. The van der Waals surface area contributed by atoms with E-state index in [9.17, 15) is 0 Å². The number of hydrogen-bond donors (Lipinski definition) is 0. The summed E-state index contributed by atoms with van der Waals surface area (Å²) < 4.78 is 6.42. The van der Waals surface area contributed by atoms with Gasteiger partial charge in [0.05, 0.1) is 12.2 Å². The molecular weight excluding hydrogens is 232 g/mol. The third kappa shape index (κ3) is 4.48. The van der Waals surface area contributed by atoms with Crippen LogP contribution < -0.4 is 0 Å². The van der Waals surface area contributed by atoms with Gasteiger partial charge < -0.3 is 4.74 Å². The molecule has 1 aliphatic heterocycles. The molecular formula is C18H34O. The molecule has 19 heavy (non-hydrogen) atoms. The average Bonchev–Trinajstić information content (AvgIpc) is 2.67. The van der Waals surface area contributed by atoms with Crippen LogP contribution in [0.15, 0.2) is 0 Å². The summed E-state index contributed by atoms with van der Waals surface area (Å²) in [6.07, 6.45) is 18.0. The van der Waals surface area contributed by atoms with Gasteiger partial charge in [-0.1, -0.05) is 71.6 Å². The first-order valence-corrected chi connectivity index (χ1v) is 8.98. The zero-order valence-corrected chi connectivity index (χ0v) is 13.2. The standard InChI is InChI=1S/C18H34O/c1-3-12-17-15(2)16-13-10-8-6-4-5-7-9-11-14-18(16)19-17/h15-18H,3-14H2,1-2H3. The van der Waals surface area contributed by atoms with Gasteiger partial charge in [-0.25, -0.2) is 0 Å². The van der Waals surface area contributed by atoms with E-state index < -0.39 is 0 Å². The molecule has 0 N–H and O–H groups in total. The first-order chi connectivity index (χ1) is 9.33. The molecule has 1 heteroatoms. The van der Waals surface area contributed by atoms with Gasteiger partial charge in [0.2, 0.25) is 0 Å². The van der Waals surface area contributed by atoms with E-state index in [1.807, 2.05) is 0 Å². The van der Waals surface area contributed by atoms with Crippen LogP contribution in [0.3, 0.4) is 0 Å². The van der Waals surface area contributed by atoms with E-state index in [2.05, 4.69) is 13.8 Å². The van der Waals surface area contributed by atoms with Crippen molar-refractivity contribution in [2.24, 2.45) is 11.8 Å². The second kappa shape index (κ2) is 8.29. The highest BCUT2D eigenvalue weighted by atomic mass is 16.5. The van der Waals surface area contributed by atoms with Crippen LogP contribution in [0.4, 0.5) is 0 Å². The molecule has 112 valence electrons. The van der Waals surface area contributed by atoms with Crippen LogP contribution in [0.5, 0.6) is 0 Å². The average molecular weight is 266 g/mol. The van der Waals surface area contributed by atoms with Crippen molar-refractivity contribution in [2.75, 3.05) is 0 Å². The Morgan fingerprint density at radius 1 is 0.842 bits per heavy atom. The Morgan fingerprint density at radius 3 is 2.05 bits per heavy atom. The molecule has 0 bridgehead atoms. The second-order valence-corrected chi connectivity index (χ2v) is 6.93. The second-order valence-electron chi connectivity index (χ2n) is 6.93. The Bertz CT molecular complexity index is 238. The molecule has 1 saturated heterocycles. The van der Waals surface area contributed by atoms with Gasteiger partial charge in [0.15, 0.2) is 0 Å². The Morgan fingerprint density at radius 2 is 1.42 bits per heavy atom. The van der Waals surface area contributed by atoms with Crippen molar-refractivity contribution in [2.45, 2.75) is 103 Å². The predicted octanol–water partition coefficient (Wildman–Crippen LogP) is 5.72. The third-order valence-electron chi connectivity index (χ3n) is 5.44. The number of fused-ring (bicyclic) bond motifs is 1. The maximum atomic E-state index is 6.42. The minimum Gasteiger partial charge on any atom is -0.374 e. The molecule has 4 atom stereocenters. The van der Waals surface area contributed by atoms with E-state index in [0.29, 0.717) is 12.2 Å². The normalized spacial score (nSPS) is 38.2. The van der Waals surface area contributed by atoms with Crippen molar-refractivity contribution >= 4 is 0 Å². The van der Waals surface area contributed by atoms with Gasteiger partial charge in [-0.2, -0.15) is 0 Å². The minimum absolute atomic E-state index is 0.560. The summed E-state index contributed by atoms with van der Waals surface area (Å²) in [5.74, 6) is 1.66. The van der Waals surface area contributed by atoms with Gasteiger partial charge in [0.1, 0.15) is 0 Å². The minimum atomic E-state index is 0.560. The highest BCUT2D eigenvalue weighted by Crippen LogP contribution is 2.40. The van der Waals surface area contributed by atoms with Crippen molar-refractivity contribution in [3.8, 4) is 0 Å². The van der Waals surface area contributed by atoms with Gasteiger partial charge in [0, 0.05) is 0 Å². The summed E-state index contributed by atoms with van der Waals surface area (Å²) in [5, 5.41) is 0. The molecule has 2 rings (SSSR count). The van der Waals surface area contributed by atoms with Crippen molar-refractivity contribution in [1.29, 1.82) is 0 Å². The van der Waals surface area contributed by atoms with Crippen molar-refractivity contribution in [3.05, 3.63) is 0 Å². The SMILES string of the molecule is CCCC1OC2CCCCCCCCCCC2C1C. The molecule has 0 aromatic heterocycles. The summed E-state index contributed by atoms with van der Waals surface area (Å²) in [4.78, 5) is 0. The van der Waals surface area contributed by atoms with E-state index in [-0.39, 0.29) is 0 Å². The lowest BCUT2D eigenvalue weighted by Gasteiger charge is -2.21. The van der Waals surface area contributed by atoms with Crippen LogP contribution >= 0.6 is 0 Å². The fraction of sp³-hybridized carbons (Fsp3) is 1.00. The highest BCUT2D eigenvalue weighted by molar-refractivity contribution is 4.88. The zero-order chi connectivity index (χ0) is 13.5. The number of rotatable bonds is 2. The maximum absolute atomic E-state index is 6.42. The molecule has 2 aliphatic rings. The fourth-order valence-corrected chi connectivity index (χ4v) is 4.20. The quantitative estimate of drug-likeness (QED) is 0.621. The van der Waals surface area contributed by atoms with E-state index in [0.717, 1.165) is 11.8 Å². The van der Waals surface area contributed by atoms with Crippen LogP contribution in [-0.4, -0.2) is 12.2 Å². The van der Waals surface area contributed by atoms with Crippen LogP contribution in [0.25, 0.3) is 0 Å². The van der Waals surface area contributed by atoms with E-state index >= 15 is 0 Å². The summed E-state index contributed by atoms with van der Waals surface area (Å²) >= 11 is 0. The molecule has 0 aromatic carbocycles. The Kier molecular flexibility index (Phi) is 6.70. The monoisotopic (exact) mass is 266 g/mol. The van der Waals surface area contributed by atoms with Crippen LogP contribution in [0.1, 0.15) is 90.9 Å². The molecule has 1 saturated carbocycles. The lowest BCUT2D eigenvalue weighted by atomic mass is 9.81. The summed E-state index contributed by atoms with van der Waals surface area (Å²) in [6, 6.07) is 0. The molecule has 0 spiro atoms. The van der Waals surface area contributed by atoms with Gasteiger partial charge in [-0.05, 0) is 31.1 Å².